The van der Waals surface area contributed by atoms with E-state index < -0.39 is 10.0 Å². The zero-order valence-electron chi connectivity index (χ0n) is 9.27. The molecular weight excluding hydrogens is 228 g/mol. The minimum atomic E-state index is -3.32. The number of anilines is 1. The van der Waals surface area contributed by atoms with E-state index >= 15 is 0 Å². The first-order valence-corrected chi connectivity index (χ1v) is 6.57. The van der Waals surface area contributed by atoms with Gasteiger partial charge in [0.2, 0.25) is 10.0 Å². The molecule has 0 saturated heterocycles. The number of nitrogens with one attached hydrogen (secondary N) is 2. The van der Waals surface area contributed by atoms with Gasteiger partial charge in [0.15, 0.2) is 0 Å². The Labute approximate surface area is 95.5 Å². The van der Waals surface area contributed by atoms with Crippen LogP contribution in [-0.2, 0) is 15.8 Å². The Kier molecular flexibility index (Phi) is 4.28. The highest BCUT2D eigenvalue weighted by atomic mass is 32.2. The van der Waals surface area contributed by atoms with Crippen LogP contribution in [0.15, 0.2) is 24.3 Å². The molecule has 1 rings (SSSR count). The Morgan fingerprint density at radius 1 is 1.38 bits per heavy atom. The molecule has 0 fully saturated rings. The van der Waals surface area contributed by atoms with Crippen LogP contribution in [0.25, 0.3) is 0 Å². The lowest BCUT2D eigenvalue weighted by molar-refractivity contribution is 0.389. The van der Waals surface area contributed by atoms with Crippen molar-refractivity contribution >= 4 is 15.7 Å². The van der Waals surface area contributed by atoms with Gasteiger partial charge in [0.05, 0.1) is 11.4 Å². The van der Waals surface area contributed by atoms with E-state index in [4.69, 9.17) is 5.21 Å². The van der Waals surface area contributed by atoms with Crippen molar-refractivity contribution < 1.29 is 13.6 Å². The van der Waals surface area contributed by atoms with Gasteiger partial charge in [-0.2, -0.15) is 0 Å². The second kappa shape index (κ2) is 5.29. The smallest absolute Gasteiger partial charge is 0.216 e. The van der Waals surface area contributed by atoms with Gasteiger partial charge in [0.25, 0.3) is 0 Å². The topological polar surface area (TPSA) is 78.4 Å². The van der Waals surface area contributed by atoms with Gasteiger partial charge in [0, 0.05) is 6.04 Å². The minimum Gasteiger partial charge on any atom is -0.291 e. The van der Waals surface area contributed by atoms with Gasteiger partial charge in [0.1, 0.15) is 0 Å². The van der Waals surface area contributed by atoms with E-state index in [-0.39, 0.29) is 11.8 Å². The Morgan fingerprint density at radius 3 is 2.62 bits per heavy atom. The van der Waals surface area contributed by atoms with Crippen LogP contribution in [0.5, 0.6) is 0 Å². The lowest BCUT2D eigenvalue weighted by Crippen LogP contribution is -2.31. The number of hydrogen-bond donors (Lipinski definition) is 3. The fourth-order valence-electron chi connectivity index (χ4n) is 1.35. The van der Waals surface area contributed by atoms with Crippen molar-refractivity contribution in [1.82, 2.24) is 4.72 Å². The molecule has 1 aromatic carbocycles. The average Bonchev–Trinajstić information content (AvgIpc) is 2.15. The van der Waals surface area contributed by atoms with E-state index in [0.29, 0.717) is 11.3 Å². The van der Waals surface area contributed by atoms with Crippen LogP contribution >= 0.6 is 0 Å². The molecule has 0 saturated carbocycles. The van der Waals surface area contributed by atoms with Crippen LogP contribution in [0.4, 0.5) is 5.69 Å². The number of benzene rings is 1. The van der Waals surface area contributed by atoms with Crippen molar-refractivity contribution in [3.8, 4) is 0 Å². The summed E-state index contributed by atoms with van der Waals surface area (Å²) in [4.78, 5) is 0. The second-order valence-electron chi connectivity index (χ2n) is 3.84. The van der Waals surface area contributed by atoms with E-state index in [1.807, 2.05) is 5.48 Å². The van der Waals surface area contributed by atoms with Crippen LogP contribution in [0.3, 0.4) is 0 Å². The third-order valence-electron chi connectivity index (χ3n) is 1.83. The normalized spacial score (nSPS) is 11.8. The predicted molar refractivity (Wildman–Crippen MR) is 62.7 cm³/mol. The molecule has 0 heterocycles. The molecule has 0 aliphatic heterocycles. The van der Waals surface area contributed by atoms with Crippen molar-refractivity contribution in [2.45, 2.75) is 25.6 Å². The molecule has 0 radical (unpaired) electrons. The Balaban J connectivity index is 2.80. The van der Waals surface area contributed by atoms with E-state index in [1.54, 1.807) is 38.1 Å². The van der Waals surface area contributed by atoms with E-state index in [1.165, 1.54) is 0 Å². The molecule has 16 heavy (non-hydrogen) atoms. The van der Waals surface area contributed by atoms with Crippen LogP contribution in [-0.4, -0.2) is 19.7 Å². The predicted octanol–water partition coefficient (Wildman–Crippen LogP) is 1.32. The summed E-state index contributed by atoms with van der Waals surface area (Å²) < 4.78 is 25.7. The highest BCUT2D eigenvalue weighted by Crippen LogP contribution is 2.12. The fraction of sp³-hybridized carbons (Fsp3) is 0.400. The maximum Gasteiger partial charge on any atom is 0.216 e. The van der Waals surface area contributed by atoms with Gasteiger partial charge >= 0.3 is 0 Å². The monoisotopic (exact) mass is 244 g/mol. The Morgan fingerprint density at radius 2 is 2.06 bits per heavy atom. The first kappa shape index (κ1) is 13.0. The maximum absolute atomic E-state index is 11.6. The highest BCUT2D eigenvalue weighted by molar-refractivity contribution is 7.88. The summed E-state index contributed by atoms with van der Waals surface area (Å²) in [7, 11) is -3.32. The number of sulfonamides is 1. The van der Waals surface area contributed by atoms with E-state index in [2.05, 4.69) is 4.72 Å². The molecule has 0 bridgehead atoms. The van der Waals surface area contributed by atoms with Crippen molar-refractivity contribution in [3.05, 3.63) is 29.8 Å². The van der Waals surface area contributed by atoms with Crippen molar-refractivity contribution in [3.63, 3.8) is 0 Å². The van der Waals surface area contributed by atoms with Gasteiger partial charge in [-0.25, -0.2) is 13.1 Å². The molecule has 0 amide bonds. The molecule has 0 aromatic heterocycles. The molecule has 3 N–H and O–H groups in total. The average molecular weight is 244 g/mol. The first-order chi connectivity index (χ1) is 7.43. The van der Waals surface area contributed by atoms with Gasteiger partial charge < -0.3 is 0 Å². The van der Waals surface area contributed by atoms with Crippen LogP contribution in [0.2, 0.25) is 0 Å². The molecule has 5 nitrogen and oxygen atoms in total. The summed E-state index contributed by atoms with van der Waals surface area (Å²) in [5, 5.41) is 8.69. The third-order valence-corrected chi connectivity index (χ3v) is 3.37. The number of hydrogen-bond acceptors (Lipinski definition) is 4. The Hall–Kier alpha value is -1.11. The van der Waals surface area contributed by atoms with Gasteiger partial charge in [-0.3, -0.25) is 10.7 Å². The van der Waals surface area contributed by atoms with Crippen molar-refractivity contribution in [1.29, 1.82) is 0 Å². The highest BCUT2D eigenvalue weighted by Gasteiger charge is 2.12. The molecule has 0 aliphatic rings. The second-order valence-corrected chi connectivity index (χ2v) is 5.60. The zero-order valence-corrected chi connectivity index (χ0v) is 10.1. The van der Waals surface area contributed by atoms with E-state index in [0.717, 1.165) is 0 Å². The lowest BCUT2D eigenvalue weighted by Gasteiger charge is -2.10. The molecule has 1 aromatic rings. The Bertz CT molecular complexity index is 443. The summed E-state index contributed by atoms with van der Waals surface area (Å²) in [5.74, 6) is -0.0965. The summed E-state index contributed by atoms with van der Waals surface area (Å²) >= 11 is 0. The first-order valence-electron chi connectivity index (χ1n) is 4.92. The van der Waals surface area contributed by atoms with E-state index in [9.17, 15) is 8.42 Å². The largest absolute Gasteiger partial charge is 0.291 e. The lowest BCUT2D eigenvalue weighted by atomic mass is 10.2. The standard InChI is InChI=1S/C10H16N2O3S/c1-8(2)12-16(14,15)7-9-4-3-5-10(6-9)11-13/h3-6,8,11-13H,7H2,1-2H3. The molecule has 0 unspecified atom stereocenters. The van der Waals surface area contributed by atoms with Gasteiger partial charge in [-0.05, 0) is 31.5 Å². The summed E-state index contributed by atoms with van der Waals surface area (Å²) in [6, 6.07) is 6.48. The summed E-state index contributed by atoms with van der Waals surface area (Å²) in [5.41, 5.74) is 3.07. The van der Waals surface area contributed by atoms with Crippen LogP contribution < -0.4 is 10.2 Å². The molecular formula is C10H16N2O3S. The SMILES string of the molecule is CC(C)NS(=O)(=O)Cc1cccc(NO)c1. The molecule has 6 heteroatoms. The molecule has 0 spiro atoms. The summed E-state index contributed by atoms with van der Waals surface area (Å²) in [6.07, 6.45) is 0. The van der Waals surface area contributed by atoms with Crippen LogP contribution in [0.1, 0.15) is 19.4 Å². The van der Waals surface area contributed by atoms with Gasteiger partial charge in [-0.15, -0.1) is 0 Å². The van der Waals surface area contributed by atoms with Crippen molar-refractivity contribution in [2.24, 2.45) is 0 Å². The molecule has 0 aliphatic carbocycles. The number of rotatable bonds is 5. The minimum absolute atomic E-state index is 0.0965. The molecule has 90 valence electrons. The summed E-state index contributed by atoms with van der Waals surface area (Å²) in [6.45, 7) is 3.53. The van der Waals surface area contributed by atoms with Crippen molar-refractivity contribution in [2.75, 3.05) is 5.48 Å². The maximum atomic E-state index is 11.6. The van der Waals surface area contributed by atoms with Crippen LogP contribution in [0, 0.1) is 0 Å². The quantitative estimate of drug-likeness (QED) is 0.682. The van der Waals surface area contributed by atoms with Gasteiger partial charge in [-0.1, -0.05) is 12.1 Å². The molecule has 0 atom stereocenters. The third kappa shape index (κ3) is 4.18. The fourth-order valence-corrected chi connectivity index (χ4v) is 2.77. The zero-order chi connectivity index (χ0) is 12.2.